The summed E-state index contributed by atoms with van der Waals surface area (Å²) in [4.78, 5) is 36.7. The lowest BCUT2D eigenvalue weighted by Crippen LogP contribution is -2.56. The zero-order valence-corrected chi connectivity index (χ0v) is 10.8. The van der Waals surface area contributed by atoms with Crippen molar-refractivity contribution in [1.29, 1.82) is 0 Å². The number of esters is 3. The van der Waals surface area contributed by atoms with Gasteiger partial charge in [-0.05, 0) is 5.53 Å². The molecule has 0 saturated carbocycles. The number of carbonyl (C=O) groups is 3. The molecule has 10 nitrogen and oxygen atoms in total. The van der Waals surface area contributed by atoms with E-state index in [9.17, 15) is 14.4 Å². The van der Waals surface area contributed by atoms with Gasteiger partial charge in [-0.15, -0.1) is 0 Å². The van der Waals surface area contributed by atoms with E-state index in [0.717, 1.165) is 0 Å². The molecule has 10 heteroatoms. The van der Waals surface area contributed by atoms with Crippen molar-refractivity contribution in [3.05, 3.63) is 10.4 Å². The highest BCUT2D eigenvalue weighted by Gasteiger charge is 2.46. The minimum atomic E-state index is -1.47. The molecule has 1 fully saturated rings. The molecule has 0 N–H and O–H groups in total. The fraction of sp³-hybridized carbons (Fsp3) is 0.727. The molecule has 1 rings (SSSR count). The van der Waals surface area contributed by atoms with Crippen molar-refractivity contribution in [3.63, 3.8) is 0 Å². The van der Waals surface area contributed by atoms with Gasteiger partial charge in [-0.2, -0.15) is 0 Å². The predicted octanol–water partition coefficient (Wildman–Crippen LogP) is 0.448. The highest BCUT2D eigenvalue weighted by molar-refractivity contribution is 5.68. The Balaban J connectivity index is 3.09. The monoisotopic (exact) mass is 304 g/mol. The average Bonchev–Trinajstić information content (AvgIpc) is 2.58. The molecular formula is C11H15N3O7. The first-order chi connectivity index (χ1) is 11.5. The fourth-order valence-electron chi connectivity index (χ4n) is 1.75. The Morgan fingerprint density at radius 2 is 1.71 bits per heavy atom. The zero-order chi connectivity index (χ0) is 18.1. The third-order valence-electron chi connectivity index (χ3n) is 2.39. The van der Waals surface area contributed by atoms with E-state index in [-0.39, 0.29) is 6.61 Å². The van der Waals surface area contributed by atoms with Crippen LogP contribution in [0.15, 0.2) is 5.11 Å². The predicted molar refractivity (Wildman–Crippen MR) is 65.5 cm³/mol. The van der Waals surface area contributed by atoms with Crippen molar-refractivity contribution >= 4 is 17.9 Å². The molecule has 0 bridgehead atoms. The van der Waals surface area contributed by atoms with Crippen LogP contribution in [0.1, 0.15) is 24.8 Å². The molecule has 0 aliphatic carbocycles. The molecule has 0 radical (unpaired) electrons. The molecule has 1 unspecified atom stereocenters. The van der Waals surface area contributed by atoms with Crippen LogP contribution < -0.4 is 0 Å². The fourth-order valence-corrected chi connectivity index (χ4v) is 1.75. The van der Waals surface area contributed by atoms with E-state index in [1.165, 1.54) is 0 Å². The van der Waals surface area contributed by atoms with Crippen LogP contribution >= 0.6 is 0 Å². The Hall–Kier alpha value is -2.32. The largest absolute Gasteiger partial charge is 0.456 e. The molecule has 21 heavy (non-hydrogen) atoms. The molecule has 1 aliphatic heterocycles. The highest BCUT2D eigenvalue weighted by Crippen LogP contribution is 2.25. The van der Waals surface area contributed by atoms with Gasteiger partial charge in [0.2, 0.25) is 0 Å². The summed E-state index contributed by atoms with van der Waals surface area (Å²) in [6.45, 7) is -2.55. The summed E-state index contributed by atoms with van der Waals surface area (Å²) in [5.74, 6) is -2.95. The first-order valence-corrected chi connectivity index (χ1v) is 5.58. The van der Waals surface area contributed by atoms with Gasteiger partial charge in [-0.25, -0.2) is 0 Å². The molecule has 0 aromatic heterocycles. The standard InChI is InChI=1S/C11H15N3O7/c1-5(15)19-8-4-18-11(13-14-12)10(21-7(3)17)9(8)20-6(2)16/h8-11H,4H2,1-3H3/t8-,9+,10-,11?/m1/s1/i1D,2D,3D. The lowest BCUT2D eigenvalue weighted by atomic mass is 10.0. The van der Waals surface area contributed by atoms with E-state index in [4.69, 9.17) is 28.6 Å². The van der Waals surface area contributed by atoms with Crippen molar-refractivity contribution in [2.45, 2.75) is 45.2 Å². The summed E-state index contributed by atoms with van der Waals surface area (Å²) in [6.07, 6.45) is -5.48. The number of hydrogen-bond donors (Lipinski definition) is 0. The maximum atomic E-state index is 11.4. The molecule has 1 aliphatic rings. The number of carbonyl (C=O) groups excluding carboxylic acids is 3. The minimum absolute atomic E-state index is 0.347. The van der Waals surface area contributed by atoms with Crippen LogP contribution in [-0.4, -0.2) is 49.1 Å². The van der Waals surface area contributed by atoms with Gasteiger partial charge in [-0.3, -0.25) is 14.4 Å². The molecule has 1 heterocycles. The summed E-state index contributed by atoms with van der Waals surface area (Å²) in [7, 11) is 0. The quantitative estimate of drug-likeness (QED) is 0.241. The molecule has 0 spiro atoms. The highest BCUT2D eigenvalue weighted by atomic mass is 16.6. The molecule has 1 saturated heterocycles. The summed E-state index contributed by atoms with van der Waals surface area (Å²) < 4.78 is 40.8. The van der Waals surface area contributed by atoms with Crippen molar-refractivity contribution in [1.82, 2.24) is 0 Å². The van der Waals surface area contributed by atoms with Crippen molar-refractivity contribution in [3.8, 4) is 0 Å². The molecule has 4 atom stereocenters. The Morgan fingerprint density at radius 3 is 2.29 bits per heavy atom. The Bertz CT molecular complexity index is 529. The van der Waals surface area contributed by atoms with Crippen LogP contribution in [0.25, 0.3) is 10.4 Å². The first kappa shape index (κ1) is 12.4. The van der Waals surface area contributed by atoms with Gasteiger partial charge in [0.05, 0.1) is 6.61 Å². The van der Waals surface area contributed by atoms with Crippen LogP contribution in [0.2, 0.25) is 0 Å². The molecule has 0 amide bonds. The number of rotatable bonds is 4. The van der Waals surface area contributed by atoms with Gasteiger partial charge in [0.15, 0.2) is 24.5 Å². The van der Waals surface area contributed by atoms with Crippen LogP contribution in [0.3, 0.4) is 0 Å². The van der Waals surface area contributed by atoms with E-state index in [0.29, 0.717) is 0 Å². The van der Waals surface area contributed by atoms with Crippen LogP contribution in [0.5, 0.6) is 0 Å². The topological polar surface area (TPSA) is 137 Å². The summed E-state index contributed by atoms with van der Waals surface area (Å²) >= 11 is 0. The second kappa shape index (κ2) is 7.46. The van der Waals surface area contributed by atoms with E-state index in [1.54, 1.807) is 0 Å². The number of nitrogens with zero attached hydrogens (tertiary/aromatic N) is 3. The molecule has 0 aromatic carbocycles. The normalized spacial score (nSPS) is 29.8. The van der Waals surface area contributed by atoms with Crippen LogP contribution in [0.4, 0.5) is 0 Å². The molecular weight excluding hydrogens is 286 g/mol. The number of hydrogen-bond acceptors (Lipinski definition) is 8. The number of azide groups is 1. The van der Waals surface area contributed by atoms with Gasteiger partial charge in [0, 0.05) is 29.7 Å². The maximum absolute atomic E-state index is 11.4. The van der Waals surface area contributed by atoms with Gasteiger partial charge in [0.25, 0.3) is 0 Å². The van der Waals surface area contributed by atoms with Gasteiger partial charge < -0.3 is 18.9 Å². The van der Waals surface area contributed by atoms with Gasteiger partial charge in [0.1, 0.15) is 0 Å². The average molecular weight is 304 g/mol. The van der Waals surface area contributed by atoms with Crippen molar-refractivity contribution in [2.24, 2.45) is 5.11 Å². The van der Waals surface area contributed by atoms with Crippen molar-refractivity contribution in [2.75, 3.05) is 6.61 Å². The zero-order valence-electron chi connectivity index (χ0n) is 13.8. The molecule has 116 valence electrons. The lowest BCUT2D eigenvalue weighted by Gasteiger charge is -2.38. The first-order valence-electron chi connectivity index (χ1n) is 7.70. The SMILES string of the molecule is [2H]CC(=O)O[C@H]1[C@H](OC(=O)C[2H])COC(N=[N+]=[N-])[C@@H]1OC(=O)C[2H]. The minimum Gasteiger partial charge on any atom is -0.456 e. The van der Waals surface area contributed by atoms with Gasteiger partial charge in [-0.1, -0.05) is 5.11 Å². The van der Waals surface area contributed by atoms with Crippen LogP contribution in [-0.2, 0) is 33.3 Å². The lowest BCUT2D eigenvalue weighted by molar-refractivity contribution is -0.224. The van der Waals surface area contributed by atoms with E-state index >= 15 is 0 Å². The van der Waals surface area contributed by atoms with Gasteiger partial charge >= 0.3 is 17.9 Å². The van der Waals surface area contributed by atoms with E-state index in [2.05, 4.69) is 10.0 Å². The third kappa shape index (κ3) is 4.93. The van der Waals surface area contributed by atoms with Crippen molar-refractivity contribution < 1.29 is 37.4 Å². The smallest absolute Gasteiger partial charge is 0.303 e. The summed E-state index contributed by atoms with van der Waals surface area (Å²) in [6, 6.07) is 0. The summed E-state index contributed by atoms with van der Waals surface area (Å²) in [5, 5.41) is 3.27. The maximum Gasteiger partial charge on any atom is 0.303 e. The summed E-state index contributed by atoms with van der Waals surface area (Å²) in [5.41, 5.74) is 8.54. The second-order valence-electron chi connectivity index (χ2n) is 3.87. The van der Waals surface area contributed by atoms with E-state index in [1.807, 2.05) is 0 Å². The number of ether oxygens (including phenoxy) is 4. The molecule has 0 aromatic rings. The van der Waals surface area contributed by atoms with E-state index < -0.39 is 63.1 Å². The Morgan fingerprint density at radius 1 is 1.14 bits per heavy atom. The Labute approximate surface area is 124 Å². The Kier molecular flexibility index (Phi) is 4.41. The van der Waals surface area contributed by atoms with Crippen LogP contribution in [0, 0.1) is 0 Å². The third-order valence-corrected chi connectivity index (χ3v) is 2.39. The second-order valence-corrected chi connectivity index (χ2v) is 3.87.